The van der Waals surface area contributed by atoms with Crippen molar-refractivity contribution in [3.8, 4) is 0 Å². The number of fused-ring (bicyclic) bond motifs is 1. The fraction of sp³-hybridized carbons (Fsp3) is 0.667. The predicted octanol–water partition coefficient (Wildman–Crippen LogP) is 2.36. The van der Waals surface area contributed by atoms with Gasteiger partial charge in [-0.2, -0.15) is 0 Å². The van der Waals surface area contributed by atoms with Gasteiger partial charge < -0.3 is 14.5 Å². The van der Waals surface area contributed by atoms with E-state index in [2.05, 4.69) is 23.3 Å². The van der Waals surface area contributed by atoms with Crippen molar-refractivity contribution >= 4 is 23.3 Å². The van der Waals surface area contributed by atoms with Crippen LogP contribution < -0.4 is 0 Å². The van der Waals surface area contributed by atoms with E-state index in [0.29, 0.717) is 26.2 Å². The normalized spacial score (nSPS) is 21.1. The zero-order valence-electron chi connectivity index (χ0n) is 15.1. The Balaban J connectivity index is 1.54. The number of thiophene rings is 1. The Morgan fingerprint density at radius 1 is 1.20 bits per heavy atom. The van der Waals surface area contributed by atoms with Gasteiger partial charge in [0, 0.05) is 37.6 Å². The molecule has 0 aromatic carbocycles. The molecule has 6 nitrogen and oxygen atoms in total. The van der Waals surface area contributed by atoms with E-state index < -0.39 is 0 Å². The molecule has 1 atom stereocenters. The average molecular weight is 365 g/mol. The van der Waals surface area contributed by atoms with Crippen LogP contribution in [-0.4, -0.2) is 72.6 Å². The third kappa shape index (κ3) is 3.98. The number of carbonyl (C=O) groups is 2. The van der Waals surface area contributed by atoms with Gasteiger partial charge >= 0.3 is 6.09 Å². The largest absolute Gasteiger partial charge is 0.450 e. The summed E-state index contributed by atoms with van der Waals surface area (Å²) in [6, 6.07) is 2.38. The number of rotatable bonds is 4. The summed E-state index contributed by atoms with van der Waals surface area (Å²) in [4.78, 5) is 32.0. The van der Waals surface area contributed by atoms with Crippen LogP contribution in [0.25, 0.3) is 0 Å². The minimum Gasteiger partial charge on any atom is -0.450 e. The van der Waals surface area contributed by atoms with Crippen LogP contribution in [-0.2, 0) is 16.0 Å². The number of piperazine rings is 1. The van der Waals surface area contributed by atoms with E-state index in [-0.39, 0.29) is 18.0 Å². The number of ether oxygens (including phenoxy) is 1. The van der Waals surface area contributed by atoms with Crippen molar-refractivity contribution < 1.29 is 14.3 Å². The maximum atomic E-state index is 12.9. The molecule has 138 valence electrons. The third-order valence-corrected chi connectivity index (χ3v) is 6.06. The molecule has 3 rings (SSSR count). The zero-order chi connectivity index (χ0) is 17.8. The fourth-order valence-corrected chi connectivity index (χ4v) is 4.65. The third-order valence-electron chi connectivity index (χ3n) is 5.06. The topological polar surface area (TPSA) is 53.1 Å². The van der Waals surface area contributed by atoms with Gasteiger partial charge in [-0.25, -0.2) is 4.79 Å². The monoisotopic (exact) mass is 365 g/mol. The van der Waals surface area contributed by atoms with E-state index in [0.717, 1.165) is 32.5 Å². The van der Waals surface area contributed by atoms with Crippen LogP contribution in [0.1, 0.15) is 36.8 Å². The van der Waals surface area contributed by atoms with Gasteiger partial charge in [0.25, 0.3) is 0 Å². The van der Waals surface area contributed by atoms with Gasteiger partial charge in [0.2, 0.25) is 5.91 Å². The van der Waals surface area contributed by atoms with E-state index in [9.17, 15) is 9.59 Å². The molecule has 0 spiro atoms. The summed E-state index contributed by atoms with van der Waals surface area (Å²) in [6.07, 6.45) is 1.67. The maximum absolute atomic E-state index is 12.9. The van der Waals surface area contributed by atoms with Crippen molar-refractivity contribution in [2.24, 2.45) is 0 Å². The maximum Gasteiger partial charge on any atom is 0.409 e. The Labute approximate surface area is 153 Å². The molecule has 0 bridgehead atoms. The molecular formula is C18H27N3O3S. The van der Waals surface area contributed by atoms with Crippen LogP contribution in [0.5, 0.6) is 0 Å². The van der Waals surface area contributed by atoms with Crippen molar-refractivity contribution in [2.75, 3.05) is 45.9 Å². The molecule has 3 heterocycles. The summed E-state index contributed by atoms with van der Waals surface area (Å²) in [5.41, 5.74) is 1.33. The minimum absolute atomic E-state index is 0.202. The van der Waals surface area contributed by atoms with Crippen LogP contribution in [0.3, 0.4) is 0 Å². The standard InChI is InChI=1S/C18H27N3O3S/c1-3-15-14-6-12-25-16(14)5-7-21(15)17(22)13-19-8-10-20(11-9-19)18(23)24-4-2/h6,12,15H,3-5,7-11,13H2,1-2H3. The molecule has 1 aromatic heterocycles. The first-order valence-corrected chi connectivity index (χ1v) is 10.0. The van der Waals surface area contributed by atoms with Crippen molar-refractivity contribution in [2.45, 2.75) is 32.7 Å². The fourth-order valence-electron chi connectivity index (χ4n) is 3.72. The molecule has 2 aliphatic rings. The Morgan fingerprint density at radius 2 is 1.96 bits per heavy atom. The summed E-state index contributed by atoms with van der Waals surface area (Å²) in [5.74, 6) is 0.202. The van der Waals surface area contributed by atoms with E-state index in [1.54, 1.807) is 16.2 Å². The van der Waals surface area contributed by atoms with Gasteiger partial charge in [0.1, 0.15) is 0 Å². The molecule has 0 radical (unpaired) electrons. The van der Waals surface area contributed by atoms with Crippen LogP contribution in [0.2, 0.25) is 0 Å². The van der Waals surface area contributed by atoms with Gasteiger partial charge in [-0.15, -0.1) is 11.3 Å². The van der Waals surface area contributed by atoms with Gasteiger partial charge in [-0.1, -0.05) is 6.92 Å². The number of hydrogen-bond acceptors (Lipinski definition) is 5. The van der Waals surface area contributed by atoms with Crippen LogP contribution in [0.15, 0.2) is 11.4 Å². The van der Waals surface area contributed by atoms with Gasteiger partial charge in [-0.05, 0) is 36.8 Å². The average Bonchev–Trinajstić information content (AvgIpc) is 3.10. The van der Waals surface area contributed by atoms with Crippen molar-refractivity contribution in [1.29, 1.82) is 0 Å². The minimum atomic E-state index is -0.249. The number of amides is 2. The van der Waals surface area contributed by atoms with Crippen LogP contribution in [0.4, 0.5) is 4.79 Å². The van der Waals surface area contributed by atoms with Crippen molar-refractivity contribution in [3.63, 3.8) is 0 Å². The highest BCUT2D eigenvalue weighted by Crippen LogP contribution is 2.35. The highest BCUT2D eigenvalue weighted by molar-refractivity contribution is 7.10. The second-order valence-electron chi connectivity index (χ2n) is 6.52. The summed E-state index contributed by atoms with van der Waals surface area (Å²) in [7, 11) is 0. The SMILES string of the molecule is CCOC(=O)N1CCN(CC(=O)N2CCc3sccc3C2CC)CC1. The summed E-state index contributed by atoms with van der Waals surface area (Å²) >= 11 is 1.80. The number of nitrogens with zero attached hydrogens (tertiary/aromatic N) is 3. The quantitative estimate of drug-likeness (QED) is 0.822. The van der Waals surface area contributed by atoms with E-state index >= 15 is 0 Å². The lowest BCUT2D eigenvalue weighted by atomic mass is 9.97. The van der Waals surface area contributed by atoms with E-state index in [1.165, 1.54) is 10.4 Å². The van der Waals surface area contributed by atoms with Gasteiger partial charge in [-0.3, -0.25) is 9.69 Å². The van der Waals surface area contributed by atoms with Crippen LogP contribution >= 0.6 is 11.3 Å². The molecule has 0 saturated carbocycles. The molecule has 2 aliphatic heterocycles. The van der Waals surface area contributed by atoms with E-state index in [4.69, 9.17) is 4.74 Å². The Morgan fingerprint density at radius 3 is 2.64 bits per heavy atom. The van der Waals surface area contributed by atoms with Crippen LogP contribution in [0, 0.1) is 0 Å². The Hall–Kier alpha value is -1.60. The zero-order valence-corrected chi connectivity index (χ0v) is 15.9. The first-order chi connectivity index (χ1) is 12.1. The molecule has 0 aliphatic carbocycles. The molecule has 2 amide bonds. The second kappa shape index (κ2) is 8.19. The van der Waals surface area contributed by atoms with E-state index in [1.807, 2.05) is 11.8 Å². The molecule has 25 heavy (non-hydrogen) atoms. The van der Waals surface area contributed by atoms with Gasteiger partial charge in [0.15, 0.2) is 0 Å². The highest BCUT2D eigenvalue weighted by Gasteiger charge is 2.32. The second-order valence-corrected chi connectivity index (χ2v) is 7.52. The molecule has 0 N–H and O–H groups in total. The smallest absolute Gasteiger partial charge is 0.409 e. The molecule has 1 unspecified atom stereocenters. The Bertz CT molecular complexity index is 610. The summed E-state index contributed by atoms with van der Waals surface area (Å²) < 4.78 is 5.04. The molecule has 1 aromatic rings. The lowest BCUT2D eigenvalue weighted by Crippen LogP contribution is -2.52. The van der Waals surface area contributed by atoms with Gasteiger partial charge in [0.05, 0.1) is 19.2 Å². The number of carbonyl (C=O) groups excluding carboxylic acids is 2. The van der Waals surface area contributed by atoms with Crippen molar-refractivity contribution in [3.05, 3.63) is 21.9 Å². The molecule has 1 saturated heterocycles. The lowest BCUT2D eigenvalue weighted by Gasteiger charge is -2.38. The molecular weight excluding hydrogens is 338 g/mol. The highest BCUT2D eigenvalue weighted by atomic mass is 32.1. The summed E-state index contributed by atoms with van der Waals surface area (Å²) in [6.45, 7) is 8.30. The molecule has 1 fully saturated rings. The lowest BCUT2D eigenvalue weighted by molar-refractivity contribution is -0.135. The molecule has 7 heteroatoms. The Kier molecular flexibility index (Phi) is 5.96. The number of hydrogen-bond donors (Lipinski definition) is 0. The first-order valence-electron chi connectivity index (χ1n) is 9.13. The summed E-state index contributed by atoms with van der Waals surface area (Å²) in [5, 5.41) is 2.13. The van der Waals surface area contributed by atoms with Crippen molar-refractivity contribution in [1.82, 2.24) is 14.7 Å². The first kappa shape index (κ1) is 18.2. The predicted molar refractivity (Wildman–Crippen MR) is 97.8 cm³/mol.